The third kappa shape index (κ3) is 1.66. The molecule has 0 spiro atoms. The number of ether oxygens (including phenoxy) is 1. The fourth-order valence-corrected chi connectivity index (χ4v) is 2.69. The number of carboxylic acid groups (broad SMARTS) is 1. The Morgan fingerprint density at radius 3 is 2.93 bits per heavy atom. The molecule has 4 nitrogen and oxygen atoms in total. The third-order valence-electron chi connectivity index (χ3n) is 2.93. The van der Waals surface area contributed by atoms with E-state index in [0.717, 1.165) is 11.4 Å². The van der Waals surface area contributed by atoms with Crippen LogP contribution in [-0.4, -0.2) is 23.2 Å². The van der Waals surface area contributed by atoms with Crippen LogP contribution in [0.3, 0.4) is 0 Å². The van der Waals surface area contributed by atoms with Crippen LogP contribution in [0, 0.1) is 0 Å². The van der Waals surface area contributed by atoms with E-state index in [1.54, 1.807) is 7.11 Å². The van der Waals surface area contributed by atoms with Crippen molar-refractivity contribution in [2.75, 3.05) is 7.11 Å². The third-order valence-corrected chi connectivity index (χ3v) is 3.75. The molecule has 15 heavy (non-hydrogen) atoms. The van der Waals surface area contributed by atoms with Crippen molar-refractivity contribution in [2.24, 2.45) is 0 Å². The molecule has 1 aliphatic rings. The zero-order valence-corrected chi connectivity index (χ0v) is 9.34. The molecule has 0 saturated heterocycles. The number of aromatic nitrogens is 1. The van der Waals surface area contributed by atoms with Crippen molar-refractivity contribution in [3.8, 4) is 0 Å². The first kappa shape index (κ1) is 10.6. The maximum Gasteiger partial charge on any atom is 0.315 e. The number of hydrogen-bond donors (Lipinski definition) is 1. The van der Waals surface area contributed by atoms with Gasteiger partial charge in [0.2, 0.25) is 0 Å². The van der Waals surface area contributed by atoms with E-state index in [4.69, 9.17) is 4.74 Å². The lowest BCUT2D eigenvalue weighted by Gasteiger charge is -2.35. The summed E-state index contributed by atoms with van der Waals surface area (Å²) in [5, 5.41) is 11.9. The normalized spacial score (nSPS) is 18.5. The smallest absolute Gasteiger partial charge is 0.315 e. The lowest BCUT2D eigenvalue weighted by atomic mass is 9.67. The summed E-state index contributed by atoms with van der Waals surface area (Å²) < 4.78 is 4.97. The van der Waals surface area contributed by atoms with Gasteiger partial charge in [0, 0.05) is 12.5 Å². The van der Waals surface area contributed by atoms with Crippen LogP contribution in [-0.2, 0) is 21.6 Å². The molecule has 2 rings (SSSR count). The quantitative estimate of drug-likeness (QED) is 0.852. The molecule has 1 saturated carbocycles. The Bertz CT molecular complexity index is 370. The minimum absolute atomic E-state index is 0.459. The van der Waals surface area contributed by atoms with Crippen LogP contribution in [0.1, 0.15) is 30.0 Å². The topological polar surface area (TPSA) is 59.4 Å². The molecule has 5 heteroatoms. The first-order valence-electron chi connectivity index (χ1n) is 4.86. The highest BCUT2D eigenvalue weighted by atomic mass is 32.1. The average molecular weight is 227 g/mol. The number of rotatable bonds is 4. The van der Waals surface area contributed by atoms with E-state index in [-0.39, 0.29) is 0 Å². The number of thiazole rings is 1. The van der Waals surface area contributed by atoms with Crippen LogP contribution in [0.5, 0.6) is 0 Å². The van der Waals surface area contributed by atoms with Crippen molar-refractivity contribution < 1.29 is 14.6 Å². The lowest BCUT2D eigenvalue weighted by molar-refractivity contribution is -0.147. The van der Waals surface area contributed by atoms with Crippen LogP contribution >= 0.6 is 11.3 Å². The SMILES string of the molecule is COCc1nc(C2(C(=O)O)CCC2)cs1. The minimum Gasteiger partial charge on any atom is -0.481 e. The van der Waals surface area contributed by atoms with Crippen molar-refractivity contribution >= 4 is 17.3 Å². The predicted octanol–water partition coefficient (Wildman–Crippen LogP) is 1.80. The number of methoxy groups -OCH3 is 1. The summed E-state index contributed by atoms with van der Waals surface area (Å²) in [7, 11) is 1.61. The van der Waals surface area contributed by atoms with E-state index in [1.165, 1.54) is 11.3 Å². The molecular formula is C10H13NO3S. The predicted molar refractivity (Wildman–Crippen MR) is 56.0 cm³/mol. The van der Waals surface area contributed by atoms with Crippen LogP contribution in [0.4, 0.5) is 0 Å². The van der Waals surface area contributed by atoms with Gasteiger partial charge in [-0.15, -0.1) is 11.3 Å². The molecule has 1 aliphatic carbocycles. The highest BCUT2D eigenvalue weighted by Crippen LogP contribution is 2.44. The number of hydrogen-bond acceptors (Lipinski definition) is 4. The molecule has 1 aromatic heterocycles. The van der Waals surface area contributed by atoms with E-state index in [9.17, 15) is 9.90 Å². The van der Waals surface area contributed by atoms with Gasteiger partial charge in [-0.2, -0.15) is 0 Å². The number of nitrogens with zero attached hydrogens (tertiary/aromatic N) is 1. The van der Waals surface area contributed by atoms with E-state index < -0.39 is 11.4 Å². The van der Waals surface area contributed by atoms with Crippen molar-refractivity contribution in [3.63, 3.8) is 0 Å². The fraction of sp³-hybridized carbons (Fsp3) is 0.600. The monoisotopic (exact) mass is 227 g/mol. The van der Waals surface area contributed by atoms with Crippen molar-refractivity contribution in [2.45, 2.75) is 31.3 Å². The highest BCUT2D eigenvalue weighted by Gasteiger charge is 2.47. The molecule has 0 aliphatic heterocycles. The molecule has 0 atom stereocenters. The van der Waals surface area contributed by atoms with Crippen LogP contribution in [0.15, 0.2) is 5.38 Å². The van der Waals surface area contributed by atoms with Crippen LogP contribution in [0.2, 0.25) is 0 Å². The summed E-state index contributed by atoms with van der Waals surface area (Å²) in [5.41, 5.74) is 0.000898. The Morgan fingerprint density at radius 1 is 1.73 bits per heavy atom. The van der Waals surface area contributed by atoms with Crippen molar-refractivity contribution in [1.82, 2.24) is 4.98 Å². The van der Waals surface area contributed by atoms with E-state index in [0.29, 0.717) is 25.1 Å². The largest absolute Gasteiger partial charge is 0.481 e. The molecule has 0 aromatic carbocycles. The summed E-state index contributed by atoms with van der Waals surface area (Å²) in [4.78, 5) is 15.5. The molecule has 0 bridgehead atoms. The molecule has 82 valence electrons. The Morgan fingerprint density at radius 2 is 2.47 bits per heavy atom. The van der Waals surface area contributed by atoms with Crippen molar-refractivity contribution in [3.05, 3.63) is 16.1 Å². The zero-order valence-electron chi connectivity index (χ0n) is 8.52. The second kappa shape index (κ2) is 3.90. The van der Waals surface area contributed by atoms with Gasteiger partial charge in [0.25, 0.3) is 0 Å². The van der Waals surface area contributed by atoms with E-state index in [1.807, 2.05) is 5.38 Å². The number of aliphatic carboxylic acids is 1. The Balaban J connectivity index is 2.23. The van der Waals surface area contributed by atoms with Gasteiger partial charge in [-0.1, -0.05) is 6.42 Å². The maximum absolute atomic E-state index is 11.2. The summed E-state index contributed by atoms with van der Waals surface area (Å²) in [6, 6.07) is 0. The highest BCUT2D eigenvalue weighted by molar-refractivity contribution is 7.09. The van der Waals surface area contributed by atoms with Gasteiger partial charge in [-0.3, -0.25) is 4.79 Å². The molecule has 1 fully saturated rings. The van der Waals surface area contributed by atoms with Gasteiger partial charge in [-0.25, -0.2) is 4.98 Å². The summed E-state index contributed by atoms with van der Waals surface area (Å²) >= 11 is 1.47. The fourth-order valence-electron chi connectivity index (χ4n) is 1.83. The van der Waals surface area contributed by atoms with Gasteiger partial charge in [0.05, 0.1) is 12.3 Å². The summed E-state index contributed by atoms with van der Waals surface area (Å²) in [6.07, 6.45) is 2.39. The lowest BCUT2D eigenvalue weighted by Crippen LogP contribution is -2.42. The second-order valence-corrected chi connectivity index (χ2v) is 4.74. The maximum atomic E-state index is 11.2. The van der Waals surface area contributed by atoms with E-state index >= 15 is 0 Å². The van der Waals surface area contributed by atoms with Gasteiger partial charge in [0.1, 0.15) is 10.4 Å². The van der Waals surface area contributed by atoms with Crippen molar-refractivity contribution in [1.29, 1.82) is 0 Å². The molecule has 1 heterocycles. The first-order valence-corrected chi connectivity index (χ1v) is 5.74. The molecule has 0 amide bonds. The first-order chi connectivity index (χ1) is 7.19. The van der Waals surface area contributed by atoms with Gasteiger partial charge in [-0.05, 0) is 12.8 Å². The number of carboxylic acids is 1. The number of carbonyl (C=O) groups is 1. The molecule has 1 aromatic rings. The van der Waals surface area contributed by atoms with Crippen LogP contribution in [0.25, 0.3) is 0 Å². The van der Waals surface area contributed by atoms with Gasteiger partial charge in [0.15, 0.2) is 0 Å². The Labute approximate surface area is 91.9 Å². The van der Waals surface area contributed by atoms with Gasteiger partial charge >= 0.3 is 5.97 Å². The Kier molecular flexibility index (Phi) is 2.75. The van der Waals surface area contributed by atoms with Gasteiger partial charge < -0.3 is 9.84 Å². The molecule has 0 radical (unpaired) electrons. The molecular weight excluding hydrogens is 214 g/mol. The molecule has 0 unspecified atom stereocenters. The summed E-state index contributed by atoms with van der Waals surface area (Å²) in [5.74, 6) is -0.747. The van der Waals surface area contributed by atoms with E-state index in [2.05, 4.69) is 4.98 Å². The average Bonchev–Trinajstić information content (AvgIpc) is 2.51. The Hall–Kier alpha value is -0.940. The zero-order chi connectivity index (χ0) is 10.9. The summed E-state index contributed by atoms with van der Waals surface area (Å²) in [6.45, 7) is 0.459. The van der Waals surface area contributed by atoms with Crippen LogP contribution < -0.4 is 0 Å². The molecule has 1 N–H and O–H groups in total. The second-order valence-electron chi connectivity index (χ2n) is 3.80. The standard InChI is InChI=1S/C10H13NO3S/c1-14-5-8-11-7(6-15-8)10(9(12)13)3-2-4-10/h6H,2-5H2,1H3,(H,12,13). The minimum atomic E-state index is -0.747.